The molecule has 0 aromatic heterocycles. The second-order valence-corrected chi connectivity index (χ2v) is 13.8. The molecule has 0 heterocycles. The Hall–Kier alpha value is -0.670. The molecule has 0 saturated carbocycles. The van der Waals surface area contributed by atoms with Crippen molar-refractivity contribution in [3.05, 3.63) is 12.7 Å². The van der Waals surface area contributed by atoms with Crippen LogP contribution in [-0.4, -0.2) is 188 Å². The van der Waals surface area contributed by atoms with Crippen LogP contribution in [0.3, 0.4) is 0 Å². The Bertz CT molecular complexity index is 826. The molecular weight excluding hydrogens is 771 g/mol. The second kappa shape index (κ2) is 48.0. The molecule has 2 N–H and O–H groups in total. The summed E-state index contributed by atoms with van der Waals surface area (Å²) in [5.41, 5.74) is 0. The van der Waals surface area contributed by atoms with Crippen molar-refractivity contribution in [2.45, 2.75) is 70.8 Å². The molecule has 0 radical (unpaired) electrons. The first-order valence-corrected chi connectivity index (χ1v) is 22.4. The van der Waals surface area contributed by atoms with E-state index in [0.717, 1.165) is 19.3 Å². The minimum atomic E-state index is -4.57. The minimum Gasteiger partial charge on any atom is -0.377 e. The molecule has 0 fully saturated rings. The largest absolute Gasteiger partial charge is 0.469 e. The van der Waals surface area contributed by atoms with Crippen molar-refractivity contribution in [1.82, 2.24) is 0 Å². The molecule has 17 nitrogen and oxygen atoms in total. The molecule has 0 rings (SSSR count). The third kappa shape index (κ3) is 51.4. The van der Waals surface area contributed by atoms with Crippen molar-refractivity contribution in [3.8, 4) is 0 Å². The van der Waals surface area contributed by atoms with Crippen LogP contribution in [0.5, 0.6) is 0 Å². The van der Waals surface area contributed by atoms with Gasteiger partial charge in [0.15, 0.2) is 0 Å². The zero-order valence-corrected chi connectivity index (χ0v) is 36.0. The van der Waals surface area contributed by atoms with Crippen LogP contribution in [0.15, 0.2) is 12.7 Å². The van der Waals surface area contributed by atoms with E-state index in [9.17, 15) is 14.4 Å². The summed E-state index contributed by atoms with van der Waals surface area (Å²) >= 11 is 0. The van der Waals surface area contributed by atoms with Gasteiger partial charge in [-0.25, -0.2) is 4.57 Å². The first kappa shape index (κ1) is 56.3. The van der Waals surface area contributed by atoms with Crippen LogP contribution in [0.1, 0.15) is 64.7 Å². The maximum Gasteiger partial charge on any atom is 0.469 e. The fourth-order valence-corrected chi connectivity index (χ4v) is 5.34. The summed E-state index contributed by atoms with van der Waals surface area (Å²) in [6, 6.07) is 0. The Morgan fingerprint density at radius 3 is 0.965 bits per heavy atom. The molecule has 342 valence electrons. The normalized spacial score (nSPS) is 12.5. The van der Waals surface area contributed by atoms with E-state index in [1.54, 1.807) is 6.08 Å². The van der Waals surface area contributed by atoms with Gasteiger partial charge in [-0.15, -0.1) is 6.58 Å². The van der Waals surface area contributed by atoms with Gasteiger partial charge in [0.05, 0.1) is 178 Å². The van der Waals surface area contributed by atoms with Crippen LogP contribution in [0.4, 0.5) is 0 Å². The smallest absolute Gasteiger partial charge is 0.377 e. The van der Waals surface area contributed by atoms with Crippen LogP contribution in [-0.2, 0) is 70.7 Å². The molecule has 0 amide bonds. The van der Waals surface area contributed by atoms with Crippen molar-refractivity contribution < 1.29 is 80.5 Å². The quantitative estimate of drug-likeness (QED) is 0.0498. The fraction of sp³-hybridized carbons (Fsp3) is 0.949. The summed E-state index contributed by atoms with van der Waals surface area (Å²) in [4.78, 5) is 18.4. The highest BCUT2D eigenvalue weighted by Crippen LogP contribution is 2.38. The van der Waals surface area contributed by atoms with E-state index in [0.29, 0.717) is 172 Å². The van der Waals surface area contributed by atoms with E-state index < -0.39 is 13.9 Å². The van der Waals surface area contributed by atoms with E-state index >= 15 is 0 Å². The van der Waals surface area contributed by atoms with Gasteiger partial charge in [0.25, 0.3) is 0 Å². The Balaban J connectivity index is 3.29. The predicted molar refractivity (Wildman–Crippen MR) is 215 cm³/mol. The van der Waals surface area contributed by atoms with Gasteiger partial charge in [0.1, 0.15) is 0 Å². The van der Waals surface area contributed by atoms with Gasteiger partial charge in [-0.05, 0) is 6.42 Å². The zero-order valence-electron chi connectivity index (χ0n) is 35.1. The molecule has 0 aliphatic rings. The third-order valence-corrected chi connectivity index (χ3v) is 8.24. The summed E-state index contributed by atoms with van der Waals surface area (Å²) in [7, 11) is -4.57. The minimum absolute atomic E-state index is 0.114. The van der Waals surface area contributed by atoms with E-state index in [1.165, 1.54) is 32.1 Å². The van der Waals surface area contributed by atoms with Gasteiger partial charge in [-0.3, -0.25) is 4.52 Å². The summed E-state index contributed by atoms with van der Waals surface area (Å²) < 4.78 is 87.2. The molecule has 1 unspecified atom stereocenters. The molecule has 0 saturated heterocycles. The number of hydrogen-bond donors (Lipinski definition) is 2. The monoisotopic (exact) mass is 851 g/mol. The molecule has 0 aromatic carbocycles. The zero-order chi connectivity index (χ0) is 41.4. The maximum absolute atomic E-state index is 11.3. The number of ether oxygens (including phenoxy) is 13. The lowest BCUT2D eigenvalue weighted by atomic mass is 10.1. The van der Waals surface area contributed by atoms with Gasteiger partial charge >= 0.3 is 7.82 Å². The van der Waals surface area contributed by atoms with E-state index in [4.69, 9.17) is 66.1 Å². The average Bonchev–Trinajstić information content (AvgIpc) is 3.19. The maximum atomic E-state index is 11.3. The van der Waals surface area contributed by atoms with Crippen LogP contribution < -0.4 is 0 Å². The molecule has 0 spiro atoms. The van der Waals surface area contributed by atoms with E-state index in [-0.39, 0.29) is 6.61 Å². The summed E-state index contributed by atoms with van der Waals surface area (Å²) in [6.07, 6.45) is 10.8. The average molecular weight is 851 g/mol. The number of rotatable bonds is 51. The molecule has 0 aromatic rings. The van der Waals surface area contributed by atoms with Gasteiger partial charge in [-0.1, -0.05) is 64.4 Å². The number of unbranched alkanes of at least 4 members (excludes halogenated alkanes) is 7. The Morgan fingerprint density at radius 1 is 0.421 bits per heavy atom. The molecular formula is C39H79O17P. The Kier molecular flexibility index (Phi) is 47.4. The van der Waals surface area contributed by atoms with Crippen LogP contribution in [0.25, 0.3) is 0 Å². The number of phosphoric ester groups is 1. The van der Waals surface area contributed by atoms with Crippen molar-refractivity contribution in [3.63, 3.8) is 0 Å². The number of hydrogen-bond acceptors (Lipinski definition) is 15. The molecule has 1 atom stereocenters. The van der Waals surface area contributed by atoms with Gasteiger partial charge in [0.2, 0.25) is 0 Å². The molecule has 0 bridgehead atoms. The van der Waals surface area contributed by atoms with Crippen molar-refractivity contribution in [2.24, 2.45) is 0 Å². The summed E-state index contributed by atoms with van der Waals surface area (Å²) in [5.74, 6) is 0. The highest BCUT2D eigenvalue weighted by molar-refractivity contribution is 7.46. The first-order valence-electron chi connectivity index (χ1n) is 20.8. The molecule has 57 heavy (non-hydrogen) atoms. The molecule has 18 heteroatoms. The SMILES string of the molecule is C=CCOCCOCCOCCOCCOCCOCCOCCOCCOCCOCCOCCOCCOCC(CCCCCCCCCC)OP(=O)(O)O. The highest BCUT2D eigenvalue weighted by Gasteiger charge is 2.22. The Labute approximate surface area is 343 Å². The van der Waals surface area contributed by atoms with Crippen molar-refractivity contribution in [1.29, 1.82) is 0 Å². The third-order valence-electron chi connectivity index (χ3n) is 7.67. The Morgan fingerprint density at radius 2 is 0.684 bits per heavy atom. The summed E-state index contributed by atoms with van der Waals surface area (Å²) in [5, 5.41) is 0. The van der Waals surface area contributed by atoms with Crippen molar-refractivity contribution in [2.75, 3.05) is 172 Å². The lowest BCUT2D eigenvalue weighted by Gasteiger charge is -2.18. The predicted octanol–water partition coefficient (Wildman–Crippen LogP) is 4.40. The highest BCUT2D eigenvalue weighted by atomic mass is 31.2. The summed E-state index contributed by atoms with van der Waals surface area (Å²) in [6.45, 7) is 17.8. The van der Waals surface area contributed by atoms with Gasteiger partial charge in [-0.2, -0.15) is 0 Å². The lowest BCUT2D eigenvalue weighted by Crippen LogP contribution is -2.21. The van der Waals surface area contributed by atoms with Crippen LogP contribution in [0, 0.1) is 0 Å². The van der Waals surface area contributed by atoms with Crippen molar-refractivity contribution >= 4 is 7.82 Å². The molecule has 0 aliphatic heterocycles. The lowest BCUT2D eigenvalue weighted by molar-refractivity contribution is -0.0303. The van der Waals surface area contributed by atoms with E-state index in [1.807, 2.05) is 0 Å². The van der Waals surface area contributed by atoms with E-state index in [2.05, 4.69) is 13.5 Å². The second-order valence-electron chi connectivity index (χ2n) is 12.7. The van der Waals surface area contributed by atoms with Crippen LogP contribution in [0.2, 0.25) is 0 Å². The topological polar surface area (TPSA) is 187 Å². The van der Waals surface area contributed by atoms with Crippen LogP contribution >= 0.6 is 7.82 Å². The molecule has 0 aliphatic carbocycles. The first-order chi connectivity index (χ1) is 28.0. The number of phosphoric acid groups is 1. The standard InChI is InChI=1S/C39H79O17P/c1-3-5-6-7-8-9-10-11-12-39(56-57(40,41)42)38-55-37-36-54-35-34-53-33-32-52-31-30-51-29-28-50-27-26-49-25-24-48-23-22-47-21-20-46-19-18-45-17-16-44-15-14-43-13-4-2/h4,39H,2-3,5-38H2,1H3,(H2,40,41,42). The van der Waals surface area contributed by atoms with Gasteiger partial charge < -0.3 is 71.4 Å². The fourth-order valence-electron chi connectivity index (χ4n) is 4.78. The van der Waals surface area contributed by atoms with Gasteiger partial charge in [0, 0.05) is 0 Å².